The molecular formula is C21H19FN2O2. The van der Waals surface area contributed by atoms with E-state index in [-0.39, 0.29) is 18.1 Å². The predicted molar refractivity (Wildman–Crippen MR) is 97.0 cm³/mol. The number of nitrogens with zero attached hydrogens (tertiary/aromatic N) is 1. The number of nitrogens with one attached hydrogen (secondary N) is 1. The van der Waals surface area contributed by atoms with Crippen LogP contribution in [0.25, 0.3) is 0 Å². The van der Waals surface area contributed by atoms with Crippen LogP contribution in [-0.4, -0.2) is 10.9 Å². The van der Waals surface area contributed by atoms with Crippen molar-refractivity contribution in [1.82, 2.24) is 10.3 Å². The molecule has 1 N–H and O–H groups in total. The monoisotopic (exact) mass is 350 g/mol. The summed E-state index contributed by atoms with van der Waals surface area (Å²) in [6.07, 6.45) is 1.79. The van der Waals surface area contributed by atoms with Crippen LogP contribution < -0.4 is 10.1 Å². The third kappa shape index (κ3) is 5.41. The summed E-state index contributed by atoms with van der Waals surface area (Å²) < 4.78 is 18.8. The molecule has 2 aromatic carbocycles. The second kappa shape index (κ2) is 8.76. The van der Waals surface area contributed by atoms with Crippen LogP contribution in [0.2, 0.25) is 0 Å². The molecule has 1 heterocycles. The number of hydrogen-bond acceptors (Lipinski definition) is 3. The summed E-state index contributed by atoms with van der Waals surface area (Å²) in [7, 11) is 0. The molecule has 0 atom stereocenters. The molecule has 132 valence electrons. The molecule has 5 heteroatoms. The molecular weight excluding hydrogens is 331 g/mol. The number of carbonyl (C=O) groups excluding carboxylic acids is 1. The number of halogens is 1. The third-order valence-electron chi connectivity index (χ3n) is 3.77. The Morgan fingerprint density at radius 3 is 2.58 bits per heavy atom. The smallest absolute Gasteiger partial charge is 0.224 e. The van der Waals surface area contributed by atoms with E-state index in [1.165, 1.54) is 12.1 Å². The average molecular weight is 350 g/mol. The average Bonchev–Trinajstić information content (AvgIpc) is 2.66. The molecule has 0 saturated heterocycles. The summed E-state index contributed by atoms with van der Waals surface area (Å²) in [5, 5.41) is 2.82. The number of ether oxygens (including phenoxy) is 1. The molecule has 0 spiro atoms. The van der Waals surface area contributed by atoms with Gasteiger partial charge in [0.05, 0.1) is 6.42 Å². The fraction of sp³-hybridized carbons (Fsp3) is 0.143. The van der Waals surface area contributed by atoms with Crippen LogP contribution in [0.15, 0.2) is 72.9 Å². The van der Waals surface area contributed by atoms with Crippen molar-refractivity contribution >= 4 is 5.91 Å². The molecule has 3 rings (SSSR count). The van der Waals surface area contributed by atoms with E-state index in [1.807, 2.05) is 36.4 Å². The number of rotatable bonds is 7. The molecule has 0 aliphatic carbocycles. The van der Waals surface area contributed by atoms with Crippen molar-refractivity contribution < 1.29 is 13.9 Å². The Kier molecular flexibility index (Phi) is 5.93. The molecule has 0 unspecified atom stereocenters. The van der Waals surface area contributed by atoms with Gasteiger partial charge in [0.25, 0.3) is 0 Å². The SMILES string of the molecule is O=C(Cc1cccc(F)c1)NCc1ccnc(OCc2ccccc2)c1. The van der Waals surface area contributed by atoms with Gasteiger partial charge in [-0.3, -0.25) is 4.79 Å². The maximum Gasteiger partial charge on any atom is 0.224 e. The van der Waals surface area contributed by atoms with Gasteiger partial charge in [0, 0.05) is 18.8 Å². The lowest BCUT2D eigenvalue weighted by atomic mass is 10.1. The molecule has 0 aliphatic heterocycles. The lowest BCUT2D eigenvalue weighted by Gasteiger charge is -2.08. The lowest BCUT2D eigenvalue weighted by molar-refractivity contribution is -0.120. The summed E-state index contributed by atoms with van der Waals surface area (Å²) in [5.74, 6) is -0.00506. The molecule has 0 radical (unpaired) electrons. The molecule has 0 fully saturated rings. The summed E-state index contributed by atoms with van der Waals surface area (Å²) in [4.78, 5) is 16.2. The Balaban J connectivity index is 1.51. The van der Waals surface area contributed by atoms with Crippen molar-refractivity contribution in [2.45, 2.75) is 19.6 Å². The minimum Gasteiger partial charge on any atom is -0.473 e. The predicted octanol–water partition coefficient (Wildman–Crippen LogP) is 3.66. The van der Waals surface area contributed by atoms with Crippen molar-refractivity contribution in [1.29, 1.82) is 0 Å². The Hall–Kier alpha value is -3.21. The van der Waals surface area contributed by atoms with E-state index in [1.54, 1.807) is 24.4 Å². The zero-order valence-corrected chi connectivity index (χ0v) is 14.2. The maximum atomic E-state index is 13.2. The van der Waals surface area contributed by atoms with E-state index in [9.17, 15) is 9.18 Å². The Labute approximate surface area is 151 Å². The van der Waals surface area contributed by atoms with Crippen molar-refractivity contribution in [2.24, 2.45) is 0 Å². The van der Waals surface area contributed by atoms with Crippen LogP contribution in [0.3, 0.4) is 0 Å². The summed E-state index contributed by atoms with van der Waals surface area (Å²) in [5.41, 5.74) is 2.59. The van der Waals surface area contributed by atoms with Crippen molar-refractivity contribution in [3.63, 3.8) is 0 Å². The molecule has 0 bridgehead atoms. The zero-order chi connectivity index (χ0) is 18.2. The van der Waals surface area contributed by atoms with Gasteiger partial charge < -0.3 is 10.1 Å². The first-order chi connectivity index (χ1) is 12.7. The second-order valence-electron chi connectivity index (χ2n) is 5.86. The highest BCUT2D eigenvalue weighted by Crippen LogP contribution is 2.12. The number of carbonyl (C=O) groups is 1. The summed E-state index contributed by atoms with van der Waals surface area (Å²) >= 11 is 0. The van der Waals surface area contributed by atoms with E-state index >= 15 is 0 Å². The minimum absolute atomic E-state index is 0.139. The second-order valence-corrected chi connectivity index (χ2v) is 5.86. The van der Waals surface area contributed by atoms with E-state index in [0.717, 1.165) is 11.1 Å². The van der Waals surface area contributed by atoms with Gasteiger partial charge in [-0.1, -0.05) is 42.5 Å². The number of aromatic nitrogens is 1. The van der Waals surface area contributed by atoms with Gasteiger partial charge in [0.15, 0.2) is 0 Å². The summed E-state index contributed by atoms with van der Waals surface area (Å²) in [6.45, 7) is 0.793. The van der Waals surface area contributed by atoms with Crippen LogP contribution >= 0.6 is 0 Å². The highest BCUT2D eigenvalue weighted by molar-refractivity contribution is 5.78. The largest absolute Gasteiger partial charge is 0.473 e. The van der Waals surface area contributed by atoms with Crippen molar-refractivity contribution in [3.8, 4) is 5.88 Å². The molecule has 1 aromatic heterocycles. The Morgan fingerprint density at radius 1 is 0.962 bits per heavy atom. The zero-order valence-electron chi connectivity index (χ0n) is 14.2. The van der Waals surface area contributed by atoms with Gasteiger partial charge in [-0.15, -0.1) is 0 Å². The van der Waals surface area contributed by atoms with Crippen LogP contribution in [0, 0.1) is 5.82 Å². The first-order valence-corrected chi connectivity index (χ1v) is 8.32. The fourth-order valence-electron chi connectivity index (χ4n) is 2.47. The summed E-state index contributed by atoms with van der Waals surface area (Å²) in [6, 6.07) is 19.5. The quantitative estimate of drug-likeness (QED) is 0.707. The molecule has 3 aromatic rings. The minimum atomic E-state index is -0.343. The van der Waals surface area contributed by atoms with Gasteiger partial charge >= 0.3 is 0 Å². The highest BCUT2D eigenvalue weighted by atomic mass is 19.1. The van der Waals surface area contributed by atoms with Gasteiger partial charge in [-0.05, 0) is 34.9 Å². The fourth-order valence-corrected chi connectivity index (χ4v) is 2.47. The Bertz CT molecular complexity index is 869. The molecule has 0 saturated carbocycles. The number of hydrogen-bond donors (Lipinski definition) is 1. The van der Waals surface area contributed by atoms with Crippen LogP contribution in [0.4, 0.5) is 4.39 Å². The van der Waals surface area contributed by atoms with E-state index in [0.29, 0.717) is 24.6 Å². The normalized spacial score (nSPS) is 10.3. The van der Waals surface area contributed by atoms with Gasteiger partial charge in [-0.2, -0.15) is 0 Å². The number of pyridine rings is 1. The van der Waals surface area contributed by atoms with Crippen LogP contribution in [0.5, 0.6) is 5.88 Å². The molecule has 4 nitrogen and oxygen atoms in total. The highest BCUT2D eigenvalue weighted by Gasteiger charge is 2.05. The van der Waals surface area contributed by atoms with Gasteiger partial charge in [0.1, 0.15) is 12.4 Å². The standard InChI is InChI=1S/C21H19FN2O2/c22-19-8-4-7-17(11-19)12-20(25)24-14-18-9-10-23-21(13-18)26-15-16-5-2-1-3-6-16/h1-11,13H,12,14-15H2,(H,24,25). The van der Waals surface area contributed by atoms with Gasteiger partial charge in [-0.25, -0.2) is 9.37 Å². The maximum absolute atomic E-state index is 13.2. The van der Waals surface area contributed by atoms with E-state index in [4.69, 9.17) is 4.74 Å². The first-order valence-electron chi connectivity index (χ1n) is 8.32. The lowest BCUT2D eigenvalue weighted by Crippen LogP contribution is -2.24. The number of amides is 1. The Morgan fingerprint density at radius 2 is 1.77 bits per heavy atom. The van der Waals surface area contributed by atoms with Crippen LogP contribution in [0.1, 0.15) is 16.7 Å². The molecule has 1 amide bonds. The van der Waals surface area contributed by atoms with Crippen molar-refractivity contribution in [2.75, 3.05) is 0 Å². The van der Waals surface area contributed by atoms with Crippen molar-refractivity contribution in [3.05, 3.63) is 95.4 Å². The molecule has 26 heavy (non-hydrogen) atoms. The van der Waals surface area contributed by atoms with Crippen LogP contribution in [-0.2, 0) is 24.4 Å². The topological polar surface area (TPSA) is 51.2 Å². The molecule has 0 aliphatic rings. The van der Waals surface area contributed by atoms with E-state index in [2.05, 4.69) is 10.3 Å². The first kappa shape index (κ1) is 17.6. The third-order valence-corrected chi connectivity index (χ3v) is 3.77. The number of benzene rings is 2. The van der Waals surface area contributed by atoms with Gasteiger partial charge in [0.2, 0.25) is 11.8 Å². The van der Waals surface area contributed by atoms with E-state index < -0.39 is 0 Å².